The molecule has 0 saturated carbocycles. The van der Waals surface area contributed by atoms with Crippen LogP contribution in [0.3, 0.4) is 0 Å². The lowest BCUT2D eigenvalue weighted by molar-refractivity contribution is -0.135. The molecule has 1 aliphatic heterocycles. The van der Waals surface area contributed by atoms with Gasteiger partial charge in [-0.1, -0.05) is 12.1 Å². The molecular formula is C18H23FN4O2. The van der Waals surface area contributed by atoms with E-state index in [4.69, 9.17) is 0 Å². The number of hydrogen-bond acceptors (Lipinski definition) is 4. The molecule has 1 unspecified atom stereocenters. The number of benzene rings is 1. The smallest absolute Gasteiger partial charge is 0.225 e. The van der Waals surface area contributed by atoms with Crippen molar-refractivity contribution in [1.82, 2.24) is 19.4 Å². The zero-order chi connectivity index (χ0) is 17.8. The summed E-state index contributed by atoms with van der Waals surface area (Å²) >= 11 is 0. The van der Waals surface area contributed by atoms with E-state index in [0.29, 0.717) is 18.7 Å². The van der Waals surface area contributed by atoms with E-state index in [1.54, 1.807) is 17.2 Å². The molecule has 1 amide bonds. The van der Waals surface area contributed by atoms with E-state index in [-0.39, 0.29) is 12.3 Å². The lowest BCUT2D eigenvalue weighted by Gasteiger charge is -2.34. The first kappa shape index (κ1) is 17.6. The number of aliphatic hydroxyl groups excluding tert-OH is 1. The molecule has 0 radical (unpaired) electrons. The average molecular weight is 346 g/mol. The second-order valence-corrected chi connectivity index (χ2v) is 6.39. The summed E-state index contributed by atoms with van der Waals surface area (Å²) in [6.07, 6.45) is 2.70. The Kier molecular flexibility index (Phi) is 5.45. The molecule has 134 valence electrons. The number of nitrogens with zero attached hydrogens (tertiary/aromatic N) is 4. The van der Waals surface area contributed by atoms with E-state index >= 15 is 0 Å². The van der Waals surface area contributed by atoms with Crippen LogP contribution in [0.1, 0.15) is 23.9 Å². The molecule has 0 spiro atoms. The second kappa shape index (κ2) is 7.76. The molecule has 6 nitrogen and oxygen atoms in total. The van der Waals surface area contributed by atoms with Crippen LogP contribution in [0.15, 0.2) is 36.7 Å². The van der Waals surface area contributed by atoms with E-state index in [1.165, 1.54) is 18.2 Å². The number of halogens is 1. The van der Waals surface area contributed by atoms with Gasteiger partial charge in [0.15, 0.2) is 0 Å². The number of hydrogen-bond donors (Lipinski definition) is 1. The van der Waals surface area contributed by atoms with Crippen molar-refractivity contribution in [3.8, 4) is 0 Å². The van der Waals surface area contributed by atoms with E-state index in [1.807, 2.05) is 17.8 Å². The van der Waals surface area contributed by atoms with Gasteiger partial charge in [-0.2, -0.15) is 0 Å². The molecule has 1 N–H and O–H groups in total. The first-order valence-electron chi connectivity index (χ1n) is 8.43. The first-order chi connectivity index (χ1) is 12.0. The minimum absolute atomic E-state index is 0.0250. The molecule has 3 rings (SSSR count). The van der Waals surface area contributed by atoms with Gasteiger partial charge >= 0.3 is 0 Å². The summed E-state index contributed by atoms with van der Waals surface area (Å²) in [6.45, 7) is 3.55. The van der Waals surface area contributed by atoms with Gasteiger partial charge in [0.25, 0.3) is 0 Å². The van der Waals surface area contributed by atoms with Gasteiger partial charge in [0.2, 0.25) is 5.91 Å². The predicted octanol–water partition coefficient (Wildman–Crippen LogP) is 1.33. The van der Waals surface area contributed by atoms with Crippen LogP contribution in [0.5, 0.6) is 0 Å². The van der Waals surface area contributed by atoms with Gasteiger partial charge in [0.1, 0.15) is 11.6 Å². The Morgan fingerprint density at radius 2 is 2.08 bits per heavy atom. The first-order valence-corrected chi connectivity index (χ1v) is 8.43. The number of carbonyl (C=O) groups is 1. The summed E-state index contributed by atoms with van der Waals surface area (Å²) in [5.74, 6) is 0.488. The maximum absolute atomic E-state index is 13.2. The molecule has 1 aromatic heterocycles. The molecule has 1 fully saturated rings. The molecular weight excluding hydrogens is 323 g/mol. The molecule has 0 bridgehead atoms. The van der Waals surface area contributed by atoms with Crippen LogP contribution in [0.4, 0.5) is 4.39 Å². The SMILES string of the molecule is Cn1ccnc1CN1CCN(C(=O)CC(O)c2cccc(F)c2)CC1. The molecule has 1 aliphatic rings. The third-order valence-electron chi connectivity index (χ3n) is 4.61. The van der Waals surface area contributed by atoms with Crippen LogP contribution in [-0.4, -0.2) is 56.5 Å². The van der Waals surface area contributed by atoms with E-state index < -0.39 is 11.9 Å². The summed E-state index contributed by atoms with van der Waals surface area (Å²) in [4.78, 5) is 20.7. The van der Waals surface area contributed by atoms with Gasteiger partial charge in [0, 0.05) is 45.6 Å². The molecule has 25 heavy (non-hydrogen) atoms. The zero-order valence-corrected chi connectivity index (χ0v) is 14.3. The molecule has 2 heterocycles. The van der Waals surface area contributed by atoms with Gasteiger partial charge in [-0.05, 0) is 17.7 Å². The quantitative estimate of drug-likeness (QED) is 0.887. The Bertz CT molecular complexity index is 725. The lowest BCUT2D eigenvalue weighted by Crippen LogP contribution is -2.48. The summed E-state index contributed by atoms with van der Waals surface area (Å²) in [5, 5.41) is 10.2. The number of aromatic nitrogens is 2. The highest BCUT2D eigenvalue weighted by Crippen LogP contribution is 2.19. The zero-order valence-electron chi connectivity index (χ0n) is 14.3. The third-order valence-corrected chi connectivity index (χ3v) is 4.61. The van der Waals surface area contributed by atoms with Crippen LogP contribution >= 0.6 is 0 Å². The van der Waals surface area contributed by atoms with E-state index in [0.717, 1.165) is 25.5 Å². The van der Waals surface area contributed by atoms with Gasteiger partial charge in [-0.15, -0.1) is 0 Å². The molecule has 0 aliphatic carbocycles. The van der Waals surface area contributed by atoms with Crippen LogP contribution in [0.2, 0.25) is 0 Å². The van der Waals surface area contributed by atoms with Crippen molar-refractivity contribution in [2.45, 2.75) is 19.1 Å². The van der Waals surface area contributed by atoms with Crippen molar-refractivity contribution in [3.05, 3.63) is 53.9 Å². The Morgan fingerprint density at radius 1 is 1.32 bits per heavy atom. The second-order valence-electron chi connectivity index (χ2n) is 6.39. The standard InChI is InChI=1S/C18H23FN4O2/c1-21-6-5-20-17(21)13-22-7-9-23(10-8-22)18(25)12-16(24)14-3-2-4-15(19)11-14/h2-6,11,16,24H,7-10,12-13H2,1H3. The normalized spacial score (nSPS) is 16.8. The van der Waals surface area contributed by atoms with Crippen molar-refractivity contribution < 1.29 is 14.3 Å². The van der Waals surface area contributed by atoms with Gasteiger partial charge in [-0.3, -0.25) is 9.69 Å². The Hall–Kier alpha value is -2.25. The van der Waals surface area contributed by atoms with Crippen molar-refractivity contribution in [1.29, 1.82) is 0 Å². The van der Waals surface area contributed by atoms with Crippen molar-refractivity contribution >= 4 is 5.91 Å². The monoisotopic (exact) mass is 346 g/mol. The Morgan fingerprint density at radius 3 is 2.72 bits per heavy atom. The molecule has 1 atom stereocenters. The molecule has 7 heteroatoms. The predicted molar refractivity (Wildman–Crippen MR) is 91.0 cm³/mol. The fraction of sp³-hybridized carbons (Fsp3) is 0.444. The maximum atomic E-state index is 13.2. The molecule has 1 aromatic carbocycles. The minimum Gasteiger partial charge on any atom is -0.388 e. The van der Waals surface area contributed by atoms with Crippen LogP contribution in [0.25, 0.3) is 0 Å². The number of carbonyl (C=O) groups excluding carboxylic acids is 1. The number of rotatable bonds is 5. The number of piperazine rings is 1. The maximum Gasteiger partial charge on any atom is 0.225 e. The highest BCUT2D eigenvalue weighted by atomic mass is 19.1. The van der Waals surface area contributed by atoms with Crippen molar-refractivity contribution in [2.24, 2.45) is 7.05 Å². The van der Waals surface area contributed by atoms with Crippen molar-refractivity contribution in [3.63, 3.8) is 0 Å². The third kappa shape index (κ3) is 4.43. The Labute approximate surface area is 146 Å². The average Bonchev–Trinajstić information content (AvgIpc) is 3.00. The summed E-state index contributed by atoms with van der Waals surface area (Å²) in [7, 11) is 1.97. The fourth-order valence-electron chi connectivity index (χ4n) is 3.03. The largest absolute Gasteiger partial charge is 0.388 e. The minimum atomic E-state index is -0.978. The van der Waals surface area contributed by atoms with Crippen LogP contribution < -0.4 is 0 Å². The number of aliphatic hydroxyl groups is 1. The lowest BCUT2D eigenvalue weighted by atomic mass is 10.1. The number of amides is 1. The molecule has 1 saturated heterocycles. The summed E-state index contributed by atoms with van der Waals surface area (Å²) in [5.41, 5.74) is 0.432. The summed E-state index contributed by atoms with van der Waals surface area (Å²) < 4.78 is 15.2. The highest BCUT2D eigenvalue weighted by Gasteiger charge is 2.24. The van der Waals surface area contributed by atoms with Crippen LogP contribution in [0, 0.1) is 5.82 Å². The van der Waals surface area contributed by atoms with Gasteiger partial charge in [-0.25, -0.2) is 9.37 Å². The van der Waals surface area contributed by atoms with Gasteiger partial charge in [0.05, 0.1) is 19.1 Å². The van der Waals surface area contributed by atoms with E-state index in [2.05, 4.69) is 9.88 Å². The number of aryl methyl sites for hydroxylation is 1. The van der Waals surface area contributed by atoms with E-state index in [9.17, 15) is 14.3 Å². The van der Waals surface area contributed by atoms with Crippen molar-refractivity contribution in [2.75, 3.05) is 26.2 Å². The fourth-order valence-corrected chi connectivity index (χ4v) is 3.03. The highest BCUT2D eigenvalue weighted by molar-refractivity contribution is 5.77. The molecule has 2 aromatic rings. The van der Waals surface area contributed by atoms with Crippen LogP contribution in [-0.2, 0) is 18.4 Å². The summed E-state index contributed by atoms with van der Waals surface area (Å²) in [6, 6.07) is 5.75. The topological polar surface area (TPSA) is 61.6 Å². The Balaban J connectivity index is 1.49. The van der Waals surface area contributed by atoms with Gasteiger partial charge < -0.3 is 14.6 Å². The number of imidazole rings is 1.